The summed E-state index contributed by atoms with van der Waals surface area (Å²) in [6.45, 7) is 4.85. The molecule has 3 atom stereocenters. The summed E-state index contributed by atoms with van der Waals surface area (Å²) in [5.74, 6) is 1.68. The van der Waals surface area contributed by atoms with Gasteiger partial charge in [0.15, 0.2) is 5.96 Å². The zero-order valence-corrected chi connectivity index (χ0v) is 18.1. The van der Waals surface area contributed by atoms with E-state index in [0.29, 0.717) is 23.5 Å². The van der Waals surface area contributed by atoms with Crippen molar-refractivity contribution in [1.29, 1.82) is 0 Å². The molecule has 6 heteroatoms. The van der Waals surface area contributed by atoms with E-state index in [9.17, 15) is 0 Å². The van der Waals surface area contributed by atoms with Crippen molar-refractivity contribution in [2.24, 2.45) is 16.3 Å². The van der Waals surface area contributed by atoms with Crippen LogP contribution in [0.25, 0.3) is 0 Å². The fraction of sp³-hybridized carbons (Fsp3) is 0.737. The van der Waals surface area contributed by atoms with Crippen LogP contribution in [-0.4, -0.2) is 37.8 Å². The lowest BCUT2D eigenvalue weighted by Gasteiger charge is -2.57. The van der Waals surface area contributed by atoms with Crippen LogP contribution in [0.15, 0.2) is 22.5 Å². The molecule has 2 heterocycles. The van der Waals surface area contributed by atoms with Crippen LogP contribution in [0.5, 0.6) is 0 Å². The van der Waals surface area contributed by atoms with E-state index in [-0.39, 0.29) is 24.0 Å². The number of ether oxygens (including phenoxy) is 1. The minimum atomic E-state index is 0. The highest BCUT2D eigenvalue weighted by atomic mass is 127. The predicted octanol–water partition coefficient (Wildman–Crippen LogP) is 3.81. The average molecular weight is 475 g/mol. The zero-order chi connectivity index (χ0) is 16.4. The monoisotopic (exact) mass is 475 g/mol. The Labute approximate surface area is 172 Å². The molecule has 1 aliphatic heterocycles. The summed E-state index contributed by atoms with van der Waals surface area (Å²) in [5, 5.41) is 9.39. The van der Waals surface area contributed by atoms with Gasteiger partial charge in [0.2, 0.25) is 0 Å². The van der Waals surface area contributed by atoms with Gasteiger partial charge in [-0.3, -0.25) is 4.99 Å². The Morgan fingerprint density at radius 1 is 1.40 bits per heavy atom. The minimum absolute atomic E-state index is 0. The molecular weight excluding hydrogens is 445 g/mol. The topological polar surface area (TPSA) is 45.7 Å². The van der Waals surface area contributed by atoms with E-state index in [1.54, 1.807) is 0 Å². The first-order valence-electron chi connectivity index (χ1n) is 9.52. The maximum atomic E-state index is 6.09. The zero-order valence-electron chi connectivity index (χ0n) is 15.0. The number of guanidine groups is 1. The SMILES string of the molecule is CCNC(=NCCc1cccs1)NC1C2CCOC2C12CCCC2.I. The Morgan fingerprint density at radius 2 is 2.24 bits per heavy atom. The fourth-order valence-corrected chi connectivity index (χ4v) is 5.80. The van der Waals surface area contributed by atoms with Crippen LogP contribution >= 0.6 is 35.3 Å². The highest BCUT2D eigenvalue weighted by Crippen LogP contribution is 2.60. The maximum Gasteiger partial charge on any atom is 0.191 e. The van der Waals surface area contributed by atoms with Gasteiger partial charge in [0.05, 0.1) is 6.10 Å². The van der Waals surface area contributed by atoms with E-state index in [0.717, 1.165) is 32.1 Å². The van der Waals surface area contributed by atoms with E-state index < -0.39 is 0 Å². The van der Waals surface area contributed by atoms with Gasteiger partial charge < -0.3 is 15.4 Å². The third-order valence-corrected chi connectivity index (χ3v) is 7.07. The largest absolute Gasteiger partial charge is 0.377 e. The van der Waals surface area contributed by atoms with Gasteiger partial charge in [0.25, 0.3) is 0 Å². The van der Waals surface area contributed by atoms with Crippen molar-refractivity contribution in [1.82, 2.24) is 10.6 Å². The Hall–Kier alpha value is -0.340. The van der Waals surface area contributed by atoms with Crippen molar-refractivity contribution >= 4 is 41.3 Å². The molecule has 2 aliphatic carbocycles. The number of nitrogens with zero attached hydrogens (tertiary/aromatic N) is 1. The molecule has 1 aromatic rings. The summed E-state index contributed by atoms with van der Waals surface area (Å²) in [5.41, 5.74) is 0.380. The molecule has 0 aromatic carbocycles. The second kappa shape index (κ2) is 8.57. The molecule has 140 valence electrons. The number of hydrogen-bond donors (Lipinski definition) is 2. The summed E-state index contributed by atoms with van der Waals surface area (Å²) < 4.78 is 6.09. The molecule has 1 aromatic heterocycles. The van der Waals surface area contributed by atoms with Crippen LogP contribution in [0.3, 0.4) is 0 Å². The Bertz CT molecular complexity index is 571. The molecule has 3 aliphatic rings. The summed E-state index contributed by atoms with van der Waals surface area (Å²) in [6.07, 6.45) is 8.10. The van der Waals surface area contributed by atoms with E-state index in [2.05, 4.69) is 35.1 Å². The van der Waals surface area contributed by atoms with Gasteiger partial charge >= 0.3 is 0 Å². The quantitative estimate of drug-likeness (QED) is 0.387. The van der Waals surface area contributed by atoms with Crippen molar-refractivity contribution in [3.8, 4) is 0 Å². The molecule has 4 rings (SSSR count). The lowest BCUT2D eigenvalue weighted by atomic mass is 9.54. The second-order valence-corrected chi connectivity index (χ2v) is 8.43. The number of thiophene rings is 1. The van der Waals surface area contributed by atoms with E-state index in [4.69, 9.17) is 9.73 Å². The first-order chi connectivity index (χ1) is 11.8. The molecule has 2 N–H and O–H groups in total. The molecule has 0 bridgehead atoms. The third-order valence-electron chi connectivity index (χ3n) is 6.13. The second-order valence-electron chi connectivity index (χ2n) is 7.40. The summed E-state index contributed by atoms with van der Waals surface area (Å²) in [6, 6.07) is 4.86. The van der Waals surface area contributed by atoms with Crippen LogP contribution < -0.4 is 10.6 Å². The van der Waals surface area contributed by atoms with Crippen molar-refractivity contribution in [3.05, 3.63) is 22.4 Å². The van der Waals surface area contributed by atoms with Crippen molar-refractivity contribution in [2.75, 3.05) is 19.7 Å². The van der Waals surface area contributed by atoms with Crippen molar-refractivity contribution in [3.63, 3.8) is 0 Å². The van der Waals surface area contributed by atoms with Crippen LogP contribution in [-0.2, 0) is 11.2 Å². The molecule has 1 spiro atoms. The number of hydrogen-bond acceptors (Lipinski definition) is 3. The van der Waals surface area contributed by atoms with Gasteiger partial charge in [-0.25, -0.2) is 0 Å². The number of nitrogens with one attached hydrogen (secondary N) is 2. The van der Waals surface area contributed by atoms with Gasteiger partial charge in [-0.1, -0.05) is 18.9 Å². The Morgan fingerprint density at radius 3 is 2.96 bits per heavy atom. The molecule has 25 heavy (non-hydrogen) atoms. The van der Waals surface area contributed by atoms with Crippen molar-refractivity contribution < 1.29 is 4.74 Å². The normalized spacial score (nSPS) is 29.8. The van der Waals surface area contributed by atoms with Crippen LogP contribution in [0.2, 0.25) is 0 Å². The number of halogens is 1. The molecular formula is C19H30IN3OS. The lowest BCUT2D eigenvalue weighted by Crippen LogP contribution is -2.69. The van der Waals surface area contributed by atoms with Gasteiger partial charge in [0, 0.05) is 48.4 Å². The molecule has 3 unspecified atom stereocenters. The number of rotatable bonds is 5. The maximum absolute atomic E-state index is 6.09. The standard InChI is InChI=1S/C19H29N3OS.HI/c1-2-20-18(21-11-7-14-6-5-13-24-14)22-16-15-8-12-23-17(15)19(16)9-3-4-10-19;/h5-6,13,15-17H,2-4,7-12H2,1H3,(H2,20,21,22);1H. The van der Waals surface area contributed by atoms with E-state index in [1.165, 1.54) is 37.0 Å². The van der Waals surface area contributed by atoms with Gasteiger partial charge in [-0.2, -0.15) is 0 Å². The molecule has 2 saturated carbocycles. The highest BCUT2D eigenvalue weighted by molar-refractivity contribution is 14.0. The number of aliphatic imine (C=N–C) groups is 1. The average Bonchev–Trinajstić information content (AvgIpc) is 3.31. The Balaban J connectivity index is 0.00000182. The van der Waals surface area contributed by atoms with Crippen LogP contribution in [0, 0.1) is 11.3 Å². The summed E-state index contributed by atoms with van der Waals surface area (Å²) >= 11 is 1.82. The molecule has 0 amide bonds. The van der Waals surface area contributed by atoms with E-state index in [1.807, 2.05) is 11.3 Å². The molecule has 1 saturated heterocycles. The number of fused-ring (bicyclic) bond motifs is 2. The smallest absolute Gasteiger partial charge is 0.191 e. The molecule has 0 radical (unpaired) electrons. The van der Waals surface area contributed by atoms with Crippen molar-refractivity contribution in [2.45, 2.75) is 57.6 Å². The fourth-order valence-electron chi connectivity index (χ4n) is 5.10. The lowest BCUT2D eigenvalue weighted by molar-refractivity contribution is -0.125. The first-order valence-corrected chi connectivity index (χ1v) is 10.4. The van der Waals surface area contributed by atoms with Gasteiger partial charge in [-0.15, -0.1) is 35.3 Å². The molecule has 3 fully saturated rings. The first kappa shape index (κ1) is 19.4. The van der Waals surface area contributed by atoms with Crippen LogP contribution in [0.4, 0.5) is 0 Å². The van der Waals surface area contributed by atoms with Gasteiger partial charge in [0.1, 0.15) is 0 Å². The third kappa shape index (κ3) is 3.72. The van der Waals surface area contributed by atoms with E-state index >= 15 is 0 Å². The van der Waals surface area contributed by atoms with Gasteiger partial charge in [-0.05, 0) is 37.6 Å². The van der Waals surface area contributed by atoms with Crippen LogP contribution in [0.1, 0.15) is 43.9 Å². The Kier molecular flexibility index (Phi) is 6.65. The summed E-state index contributed by atoms with van der Waals surface area (Å²) in [4.78, 5) is 6.25. The predicted molar refractivity (Wildman–Crippen MR) is 115 cm³/mol. The molecule has 4 nitrogen and oxygen atoms in total. The summed E-state index contributed by atoms with van der Waals surface area (Å²) in [7, 11) is 0. The minimum Gasteiger partial charge on any atom is -0.377 e. The highest BCUT2D eigenvalue weighted by Gasteiger charge is 2.65.